The third kappa shape index (κ3) is 4.42. The van der Waals surface area contributed by atoms with E-state index in [-0.39, 0.29) is 35.0 Å². The minimum Gasteiger partial charge on any atom is -0.459 e. The summed E-state index contributed by atoms with van der Waals surface area (Å²) in [6.07, 6.45) is 2.63. The van der Waals surface area contributed by atoms with Gasteiger partial charge in [-0.25, -0.2) is 9.07 Å². The summed E-state index contributed by atoms with van der Waals surface area (Å²) in [4.78, 5) is 36.6. The zero-order chi connectivity index (χ0) is 24.8. The van der Waals surface area contributed by atoms with Crippen molar-refractivity contribution in [1.82, 2.24) is 9.78 Å². The zero-order valence-electron chi connectivity index (χ0n) is 19.6. The standard InChI is InChI=1S/C24H30FN5O4/c1-12-21-17(9-24(2,3)10-18(21)31)30(29-12)13-7-14(25)22(23(27)33)16(8-13)28-15-5-4-6-19(15)34-20(32)11-26/h7-8,15,19,28H,4-6,9-11,26H2,1-3H3,(H2,27,33)/t15-,19-/m0/s1. The number of fused-ring (bicyclic) bond motifs is 1. The summed E-state index contributed by atoms with van der Waals surface area (Å²) < 4.78 is 22.2. The smallest absolute Gasteiger partial charge is 0.320 e. The second kappa shape index (κ2) is 8.83. The first-order chi connectivity index (χ1) is 16.0. The van der Waals surface area contributed by atoms with Crippen LogP contribution in [0.1, 0.15) is 71.6 Å². The van der Waals surface area contributed by atoms with Crippen LogP contribution < -0.4 is 16.8 Å². The number of aromatic nitrogens is 2. The van der Waals surface area contributed by atoms with E-state index in [0.717, 1.165) is 6.42 Å². The summed E-state index contributed by atoms with van der Waals surface area (Å²) in [6, 6.07) is 2.46. The SMILES string of the molecule is Cc1nn(-c2cc(F)c(C(N)=O)c(N[C@H]3CCC[C@@H]3OC(=O)CN)c2)c2c1C(=O)CC(C)(C)C2. The Morgan fingerprint density at radius 3 is 2.71 bits per heavy atom. The Kier molecular flexibility index (Phi) is 6.20. The number of nitrogens with two attached hydrogens (primary N) is 2. The number of Topliss-reactive ketones (excluding diaryl/α,β-unsaturated/α-hetero) is 1. The number of nitrogens with one attached hydrogen (secondary N) is 1. The first-order valence-electron chi connectivity index (χ1n) is 11.4. The molecule has 2 aliphatic rings. The molecule has 0 spiro atoms. The molecule has 1 amide bonds. The first kappa shape index (κ1) is 23.9. The number of hydrogen-bond donors (Lipinski definition) is 3. The van der Waals surface area contributed by atoms with Gasteiger partial charge in [-0.05, 0) is 44.1 Å². The van der Waals surface area contributed by atoms with E-state index in [2.05, 4.69) is 10.4 Å². The van der Waals surface area contributed by atoms with Crippen molar-refractivity contribution in [2.45, 2.75) is 65.0 Å². The molecule has 0 aliphatic heterocycles. The maximum Gasteiger partial charge on any atom is 0.320 e. The van der Waals surface area contributed by atoms with E-state index in [1.807, 2.05) is 13.8 Å². The molecule has 5 N–H and O–H groups in total. The third-order valence-electron chi connectivity index (χ3n) is 6.53. The second-order valence-corrected chi connectivity index (χ2v) is 9.89. The van der Waals surface area contributed by atoms with Crippen molar-refractivity contribution >= 4 is 23.3 Å². The van der Waals surface area contributed by atoms with Crippen molar-refractivity contribution in [2.24, 2.45) is 16.9 Å². The van der Waals surface area contributed by atoms with Crippen LogP contribution in [0.25, 0.3) is 5.69 Å². The topological polar surface area (TPSA) is 142 Å². The number of primary amides is 1. The number of carbonyl (C=O) groups excluding carboxylic acids is 3. The predicted octanol–water partition coefficient (Wildman–Crippen LogP) is 2.41. The Hall–Kier alpha value is -3.27. The van der Waals surface area contributed by atoms with Crippen LogP contribution in [-0.4, -0.2) is 46.1 Å². The first-order valence-corrected chi connectivity index (χ1v) is 11.4. The van der Waals surface area contributed by atoms with Gasteiger partial charge < -0.3 is 21.5 Å². The average molecular weight is 472 g/mol. The van der Waals surface area contributed by atoms with E-state index in [1.165, 1.54) is 6.07 Å². The lowest BCUT2D eigenvalue weighted by atomic mass is 9.75. The summed E-state index contributed by atoms with van der Waals surface area (Å²) in [7, 11) is 0. The molecule has 4 rings (SSSR count). The number of ketones is 1. The van der Waals surface area contributed by atoms with Gasteiger partial charge in [0.15, 0.2) is 5.78 Å². The highest BCUT2D eigenvalue weighted by Crippen LogP contribution is 2.38. The molecule has 1 heterocycles. The van der Waals surface area contributed by atoms with Crippen LogP contribution in [0, 0.1) is 18.2 Å². The lowest BCUT2D eigenvalue weighted by molar-refractivity contribution is -0.147. The Morgan fingerprint density at radius 2 is 2.03 bits per heavy atom. The monoisotopic (exact) mass is 471 g/mol. The maximum absolute atomic E-state index is 15.2. The van der Waals surface area contributed by atoms with Gasteiger partial charge in [-0.3, -0.25) is 14.4 Å². The lowest BCUT2D eigenvalue weighted by Crippen LogP contribution is -2.35. The van der Waals surface area contributed by atoms with Gasteiger partial charge in [0, 0.05) is 12.5 Å². The molecule has 1 aromatic carbocycles. The van der Waals surface area contributed by atoms with Gasteiger partial charge in [0.25, 0.3) is 5.91 Å². The predicted molar refractivity (Wildman–Crippen MR) is 123 cm³/mol. The van der Waals surface area contributed by atoms with E-state index in [4.69, 9.17) is 16.2 Å². The Balaban J connectivity index is 1.76. The number of rotatable bonds is 6. The molecule has 2 atom stereocenters. The summed E-state index contributed by atoms with van der Waals surface area (Å²) in [6.45, 7) is 5.53. The number of aryl methyl sites for hydroxylation is 1. The van der Waals surface area contributed by atoms with Crippen LogP contribution in [0.3, 0.4) is 0 Å². The zero-order valence-corrected chi connectivity index (χ0v) is 19.6. The molecule has 1 fully saturated rings. The molecule has 1 aromatic heterocycles. The molecule has 10 heteroatoms. The highest BCUT2D eigenvalue weighted by atomic mass is 19.1. The van der Waals surface area contributed by atoms with Gasteiger partial charge in [0.05, 0.1) is 46.5 Å². The number of ether oxygens (including phenoxy) is 1. The van der Waals surface area contributed by atoms with E-state index in [1.54, 1.807) is 17.7 Å². The van der Waals surface area contributed by atoms with Crippen molar-refractivity contribution < 1.29 is 23.5 Å². The quantitative estimate of drug-likeness (QED) is 0.549. The number of esters is 1. The van der Waals surface area contributed by atoms with Crippen molar-refractivity contribution in [3.8, 4) is 5.69 Å². The second-order valence-electron chi connectivity index (χ2n) is 9.89. The van der Waals surface area contributed by atoms with Gasteiger partial charge in [0.1, 0.15) is 11.9 Å². The maximum atomic E-state index is 15.2. The van der Waals surface area contributed by atoms with Gasteiger partial charge in [-0.2, -0.15) is 5.10 Å². The number of amides is 1. The van der Waals surface area contributed by atoms with E-state index >= 15 is 4.39 Å². The van der Waals surface area contributed by atoms with Crippen LogP contribution in [0.4, 0.5) is 10.1 Å². The fourth-order valence-corrected chi connectivity index (χ4v) is 5.08. The molecule has 0 bridgehead atoms. The highest BCUT2D eigenvalue weighted by molar-refractivity contribution is 6.00. The summed E-state index contributed by atoms with van der Waals surface area (Å²) in [5, 5.41) is 7.70. The van der Waals surface area contributed by atoms with Crippen LogP contribution in [0.5, 0.6) is 0 Å². The number of nitrogens with zero attached hydrogens (tertiary/aromatic N) is 2. The highest BCUT2D eigenvalue weighted by Gasteiger charge is 2.36. The van der Waals surface area contributed by atoms with E-state index < -0.39 is 23.8 Å². The number of hydrogen-bond acceptors (Lipinski definition) is 7. The van der Waals surface area contributed by atoms with Crippen LogP contribution in [0.15, 0.2) is 12.1 Å². The molecule has 2 aromatic rings. The van der Waals surface area contributed by atoms with Crippen molar-refractivity contribution in [2.75, 3.05) is 11.9 Å². The van der Waals surface area contributed by atoms with E-state index in [9.17, 15) is 14.4 Å². The number of anilines is 1. The number of carbonyl (C=O) groups is 3. The van der Waals surface area contributed by atoms with Crippen LogP contribution >= 0.6 is 0 Å². The molecular weight excluding hydrogens is 441 g/mol. The minimum atomic E-state index is -0.921. The number of benzene rings is 1. The third-order valence-corrected chi connectivity index (χ3v) is 6.53. The minimum absolute atomic E-state index is 0.0121. The molecule has 182 valence electrons. The largest absolute Gasteiger partial charge is 0.459 e. The molecule has 34 heavy (non-hydrogen) atoms. The summed E-state index contributed by atoms with van der Waals surface area (Å²) >= 11 is 0. The molecule has 2 aliphatic carbocycles. The van der Waals surface area contributed by atoms with Gasteiger partial charge in [-0.15, -0.1) is 0 Å². The van der Waals surface area contributed by atoms with E-state index in [0.29, 0.717) is 48.3 Å². The Bertz CT molecular complexity index is 1170. The molecule has 1 saturated carbocycles. The molecule has 0 unspecified atom stereocenters. The fraction of sp³-hybridized carbons (Fsp3) is 0.500. The summed E-state index contributed by atoms with van der Waals surface area (Å²) in [5.41, 5.74) is 12.7. The van der Waals surface area contributed by atoms with Gasteiger partial charge in [0.2, 0.25) is 0 Å². The molecule has 0 saturated heterocycles. The molecular formula is C24H30FN5O4. The average Bonchev–Trinajstić information content (AvgIpc) is 3.29. The Morgan fingerprint density at radius 1 is 1.29 bits per heavy atom. The number of halogens is 1. The van der Waals surface area contributed by atoms with Gasteiger partial charge in [-0.1, -0.05) is 13.8 Å². The normalized spacial score (nSPS) is 21.3. The van der Waals surface area contributed by atoms with Gasteiger partial charge >= 0.3 is 5.97 Å². The summed E-state index contributed by atoms with van der Waals surface area (Å²) in [5.74, 6) is -2.24. The van der Waals surface area contributed by atoms with Crippen LogP contribution in [0.2, 0.25) is 0 Å². The molecule has 9 nitrogen and oxygen atoms in total. The van der Waals surface area contributed by atoms with Crippen molar-refractivity contribution in [1.29, 1.82) is 0 Å². The van der Waals surface area contributed by atoms with Crippen LogP contribution in [-0.2, 0) is 16.0 Å². The molecule has 0 radical (unpaired) electrons. The Labute approximate surface area is 197 Å². The van der Waals surface area contributed by atoms with Crippen molar-refractivity contribution in [3.63, 3.8) is 0 Å². The lowest BCUT2D eigenvalue weighted by Gasteiger charge is -2.29. The fourth-order valence-electron chi connectivity index (χ4n) is 5.08. The van der Waals surface area contributed by atoms with Crippen molar-refractivity contribution in [3.05, 3.63) is 40.5 Å².